The molecule has 1 nitrogen and oxygen atoms in total. The van der Waals surface area contributed by atoms with Gasteiger partial charge in [0.15, 0.2) is 0 Å². The zero-order valence-electron chi connectivity index (χ0n) is 10.5. The van der Waals surface area contributed by atoms with Crippen LogP contribution in [-0.4, -0.2) is 5.11 Å². The van der Waals surface area contributed by atoms with Crippen molar-refractivity contribution in [2.45, 2.75) is 38.0 Å². The predicted octanol–water partition coefficient (Wildman–Crippen LogP) is 4.38. The molecular weight excluding hydrogens is 220 g/mol. The minimum absolute atomic E-state index is 0.542. The third kappa shape index (κ3) is 1.33. The first-order valence-corrected chi connectivity index (χ1v) is 7.08. The van der Waals surface area contributed by atoms with E-state index in [4.69, 9.17) is 0 Å². The lowest BCUT2D eigenvalue weighted by Gasteiger charge is -2.30. The summed E-state index contributed by atoms with van der Waals surface area (Å²) < 4.78 is 0. The average Bonchev–Trinajstić information content (AvgIpc) is 2.86. The fraction of sp³-hybridized carbons (Fsp3) is 0.412. The van der Waals surface area contributed by atoms with Gasteiger partial charge in [0.25, 0.3) is 0 Å². The largest absolute Gasteiger partial charge is 0.508 e. The van der Waals surface area contributed by atoms with Gasteiger partial charge < -0.3 is 5.11 Å². The minimum Gasteiger partial charge on any atom is -0.508 e. The van der Waals surface area contributed by atoms with E-state index in [1.165, 1.54) is 47.6 Å². The van der Waals surface area contributed by atoms with Crippen molar-refractivity contribution in [1.29, 1.82) is 0 Å². The van der Waals surface area contributed by atoms with Gasteiger partial charge in [0.05, 0.1) is 0 Å². The van der Waals surface area contributed by atoms with E-state index >= 15 is 0 Å². The van der Waals surface area contributed by atoms with Gasteiger partial charge in [-0.3, -0.25) is 0 Å². The molecule has 2 aromatic rings. The molecule has 1 saturated carbocycles. The maximum atomic E-state index is 10.4. The lowest BCUT2D eigenvalue weighted by molar-refractivity contribution is 0.397. The van der Waals surface area contributed by atoms with E-state index in [0.717, 1.165) is 12.3 Å². The Morgan fingerprint density at radius 3 is 2.89 bits per heavy atom. The van der Waals surface area contributed by atoms with Crippen molar-refractivity contribution in [3.05, 3.63) is 41.5 Å². The summed E-state index contributed by atoms with van der Waals surface area (Å²) in [5, 5.41) is 12.9. The molecule has 2 aliphatic rings. The molecule has 0 heterocycles. The molecule has 1 heteroatoms. The molecule has 0 aromatic heterocycles. The van der Waals surface area contributed by atoms with E-state index in [1.807, 2.05) is 6.07 Å². The standard InChI is InChI=1S/C17H18O/c18-16-10-12-4-1-2-6-13(12)15-9-8-11-5-3-7-14(11)17(15)16/h1-2,4,6,10-11,14,18H,3,5,7-9H2. The van der Waals surface area contributed by atoms with Crippen LogP contribution in [0.5, 0.6) is 5.75 Å². The van der Waals surface area contributed by atoms with Crippen LogP contribution in [-0.2, 0) is 6.42 Å². The second-order valence-corrected chi connectivity index (χ2v) is 5.85. The van der Waals surface area contributed by atoms with Crippen LogP contribution < -0.4 is 0 Å². The van der Waals surface area contributed by atoms with Crippen molar-refractivity contribution >= 4 is 10.8 Å². The average molecular weight is 238 g/mol. The Morgan fingerprint density at radius 1 is 1.06 bits per heavy atom. The summed E-state index contributed by atoms with van der Waals surface area (Å²) >= 11 is 0. The maximum Gasteiger partial charge on any atom is 0.119 e. The summed E-state index contributed by atoms with van der Waals surface area (Å²) in [4.78, 5) is 0. The molecule has 0 bridgehead atoms. The molecular formula is C17H18O. The van der Waals surface area contributed by atoms with Crippen LogP contribution in [0.15, 0.2) is 30.3 Å². The lowest BCUT2D eigenvalue weighted by atomic mass is 9.75. The summed E-state index contributed by atoms with van der Waals surface area (Å²) in [6, 6.07) is 10.4. The molecule has 2 atom stereocenters. The fourth-order valence-electron chi connectivity index (χ4n) is 4.20. The van der Waals surface area contributed by atoms with Crippen LogP contribution in [0.4, 0.5) is 0 Å². The molecule has 0 saturated heterocycles. The number of aromatic hydroxyl groups is 1. The Hall–Kier alpha value is -1.50. The van der Waals surface area contributed by atoms with Crippen molar-refractivity contribution in [2.75, 3.05) is 0 Å². The van der Waals surface area contributed by atoms with E-state index in [2.05, 4.69) is 24.3 Å². The number of phenols is 1. The SMILES string of the molecule is Oc1cc2ccccc2c2c1C1CCCC1CC2. The van der Waals surface area contributed by atoms with Crippen molar-refractivity contribution < 1.29 is 5.11 Å². The molecule has 4 rings (SSSR count). The Balaban J connectivity index is 2.02. The molecule has 0 radical (unpaired) electrons. The van der Waals surface area contributed by atoms with Gasteiger partial charge in [0.2, 0.25) is 0 Å². The number of aryl methyl sites for hydroxylation is 1. The van der Waals surface area contributed by atoms with Crippen LogP contribution in [0.3, 0.4) is 0 Å². The molecule has 18 heavy (non-hydrogen) atoms. The first-order valence-electron chi connectivity index (χ1n) is 7.08. The highest BCUT2D eigenvalue weighted by Crippen LogP contribution is 2.51. The predicted molar refractivity (Wildman–Crippen MR) is 74.0 cm³/mol. The van der Waals surface area contributed by atoms with Gasteiger partial charge >= 0.3 is 0 Å². The topological polar surface area (TPSA) is 20.2 Å². The van der Waals surface area contributed by atoms with Crippen molar-refractivity contribution in [3.8, 4) is 5.75 Å². The number of phenolic OH excluding ortho intramolecular Hbond substituents is 1. The third-order valence-corrected chi connectivity index (χ3v) is 4.97. The normalized spacial score (nSPS) is 26.0. The lowest BCUT2D eigenvalue weighted by Crippen LogP contribution is -2.16. The van der Waals surface area contributed by atoms with E-state index in [0.29, 0.717) is 11.7 Å². The Labute approximate surface area is 107 Å². The molecule has 0 aliphatic heterocycles. The molecule has 92 valence electrons. The smallest absolute Gasteiger partial charge is 0.119 e. The minimum atomic E-state index is 0.542. The molecule has 2 unspecified atom stereocenters. The Bertz CT molecular complexity index is 614. The van der Waals surface area contributed by atoms with E-state index in [9.17, 15) is 5.11 Å². The second-order valence-electron chi connectivity index (χ2n) is 5.85. The van der Waals surface area contributed by atoms with Gasteiger partial charge in [0, 0.05) is 5.56 Å². The summed E-state index contributed by atoms with van der Waals surface area (Å²) in [5.74, 6) is 1.99. The van der Waals surface area contributed by atoms with Gasteiger partial charge in [-0.25, -0.2) is 0 Å². The number of hydrogen-bond donors (Lipinski definition) is 1. The summed E-state index contributed by atoms with van der Waals surface area (Å²) in [6.45, 7) is 0. The highest BCUT2D eigenvalue weighted by molar-refractivity contribution is 5.89. The molecule has 0 amide bonds. The zero-order valence-corrected chi connectivity index (χ0v) is 10.5. The molecule has 1 N–H and O–H groups in total. The van der Waals surface area contributed by atoms with Gasteiger partial charge in [-0.2, -0.15) is 0 Å². The van der Waals surface area contributed by atoms with Gasteiger partial charge in [-0.05, 0) is 59.9 Å². The fourth-order valence-corrected chi connectivity index (χ4v) is 4.20. The van der Waals surface area contributed by atoms with Crippen molar-refractivity contribution in [3.63, 3.8) is 0 Å². The Kier molecular flexibility index (Phi) is 2.17. The summed E-state index contributed by atoms with van der Waals surface area (Å²) in [7, 11) is 0. The van der Waals surface area contributed by atoms with Crippen LogP contribution in [0.2, 0.25) is 0 Å². The number of hydrogen-bond acceptors (Lipinski definition) is 1. The van der Waals surface area contributed by atoms with Gasteiger partial charge in [-0.15, -0.1) is 0 Å². The summed E-state index contributed by atoms with van der Waals surface area (Å²) in [5.41, 5.74) is 2.70. The number of fused-ring (bicyclic) bond motifs is 5. The van der Waals surface area contributed by atoms with E-state index < -0.39 is 0 Å². The first-order chi connectivity index (χ1) is 8.84. The van der Waals surface area contributed by atoms with E-state index in [1.54, 1.807) is 0 Å². The number of rotatable bonds is 0. The monoisotopic (exact) mass is 238 g/mol. The first kappa shape index (κ1) is 10.4. The van der Waals surface area contributed by atoms with Crippen molar-refractivity contribution in [2.24, 2.45) is 5.92 Å². The zero-order chi connectivity index (χ0) is 12.1. The highest BCUT2D eigenvalue weighted by atomic mass is 16.3. The van der Waals surface area contributed by atoms with Gasteiger partial charge in [-0.1, -0.05) is 30.7 Å². The third-order valence-electron chi connectivity index (χ3n) is 4.97. The van der Waals surface area contributed by atoms with Crippen LogP contribution in [0, 0.1) is 5.92 Å². The molecule has 1 fully saturated rings. The molecule has 2 aliphatic carbocycles. The maximum absolute atomic E-state index is 10.4. The summed E-state index contributed by atoms with van der Waals surface area (Å²) in [6.07, 6.45) is 6.41. The second kappa shape index (κ2) is 3.74. The molecule has 0 spiro atoms. The van der Waals surface area contributed by atoms with E-state index in [-0.39, 0.29) is 0 Å². The van der Waals surface area contributed by atoms with Crippen LogP contribution >= 0.6 is 0 Å². The number of benzene rings is 2. The Morgan fingerprint density at radius 2 is 1.94 bits per heavy atom. The molecule has 2 aromatic carbocycles. The quantitative estimate of drug-likeness (QED) is 0.722. The van der Waals surface area contributed by atoms with Gasteiger partial charge in [0.1, 0.15) is 5.75 Å². The highest BCUT2D eigenvalue weighted by Gasteiger charge is 2.35. The van der Waals surface area contributed by atoms with Crippen LogP contribution in [0.25, 0.3) is 10.8 Å². The van der Waals surface area contributed by atoms with Crippen LogP contribution in [0.1, 0.15) is 42.7 Å². The van der Waals surface area contributed by atoms with Crippen molar-refractivity contribution in [1.82, 2.24) is 0 Å².